The second kappa shape index (κ2) is 4.53. The zero-order valence-electron chi connectivity index (χ0n) is 12.1. The maximum atomic E-state index is 12.7. The van der Waals surface area contributed by atoms with Crippen LogP contribution in [0.25, 0.3) is 0 Å². The van der Waals surface area contributed by atoms with Crippen molar-refractivity contribution >= 4 is 5.78 Å². The molecule has 2 aromatic carbocycles. The van der Waals surface area contributed by atoms with E-state index in [0.717, 1.165) is 18.2 Å². The molecule has 0 aliphatic carbocycles. The van der Waals surface area contributed by atoms with Crippen LogP contribution in [0.4, 0.5) is 0 Å². The van der Waals surface area contributed by atoms with Gasteiger partial charge in [0, 0.05) is 12.1 Å². The molecule has 0 saturated heterocycles. The van der Waals surface area contributed by atoms with Gasteiger partial charge in [-0.2, -0.15) is 0 Å². The Bertz CT molecular complexity index is 890. The number of hydrogen-bond donors (Lipinski definition) is 5. The minimum atomic E-state index is -2.13. The second-order valence-electron chi connectivity index (χ2n) is 5.67. The van der Waals surface area contributed by atoms with E-state index in [1.165, 1.54) is 6.07 Å². The minimum absolute atomic E-state index is 0.122. The van der Waals surface area contributed by atoms with Crippen LogP contribution in [0.5, 0.6) is 28.7 Å². The Morgan fingerprint density at radius 1 is 1.00 bits per heavy atom. The summed E-state index contributed by atoms with van der Waals surface area (Å²) in [6.45, 7) is -0.174. The zero-order valence-corrected chi connectivity index (χ0v) is 12.1. The molecule has 0 fully saturated rings. The van der Waals surface area contributed by atoms with Crippen LogP contribution in [0, 0.1) is 0 Å². The van der Waals surface area contributed by atoms with Crippen molar-refractivity contribution in [3.8, 4) is 28.7 Å². The SMILES string of the molecule is O=C1c2c(O)cc(O)cc2O[C@]12OCc1cc(O)c(O)cc1[C@@H]2O. The zero-order chi connectivity index (χ0) is 17.2. The van der Waals surface area contributed by atoms with Crippen LogP contribution in [0.3, 0.4) is 0 Å². The smallest absolute Gasteiger partial charge is 0.306 e. The van der Waals surface area contributed by atoms with E-state index in [0.29, 0.717) is 5.56 Å². The average Bonchev–Trinajstić information content (AvgIpc) is 2.79. The van der Waals surface area contributed by atoms with Crippen LogP contribution in [-0.2, 0) is 11.3 Å². The van der Waals surface area contributed by atoms with Crippen molar-refractivity contribution in [1.82, 2.24) is 0 Å². The summed E-state index contributed by atoms with van der Waals surface area (Å²) in [5.74, 6) is -4.72. The van der Waals surface area contributed by atoms with E-state index in [-0.39, 0.29) is 35.0 Å². The van der Waals surface area contributed by atoms with Crippen molar-refractivity contribution in [2.24, 2.45) is 0 Å². The van der Waals surface area contributed by atoms with E-state index in [1.54, 1.807) is 0 Å². The van der Waals surface area contributed by atoms with Gasteiger partial charge >= 0.3 is 5.79 Å². The Balaban J connectivity index is 1.85. The molecule has 1 spiro atoms. The quantitative estimate of drug-likeness (QED) is 0.451. The minimum Gasteiger partial charge on any atom is -0.508 e. The molecule has 2 heterocycles. The van der Waals surface area contributed by atoms with Crippen molar-refractivity contribution in [2.75, 3.05) is 0 Å². The summed E-state index contributed by atoms with van der Waals surface area (Å²) >= 11 is 0. The van der Waals surface area contributed by atoms with Crippen LogP contribution < -0.4 is 4.74 Å². The summed E-state index contributed by atoms with van der Waals surface area (Å²) in [5.41, 5.74) is 0.322. The molecular weight excluding hydrogens is 320 g/mol. The molecular formula is C16H12O8. The molecule has 0 aromatic heterocycles. The van der Waals surface area contributed by atoms with Gasteiger partial charge in [0.15, 0.2) is 17.6 Å². The summed E-state index contributed by atoms with van der Waals surface area (Å²) in [6.07, 6.45) is -1.62. The predicted molar refractivity (Wildman–Crippen MR) is 77.0 cm³/mol. The normalized spacial score (nSPS) is 24.5. The molecule has 0 radical (unpaired) electrons. The topological polar surface area (TPSA) is 137 Å². The van der Waals surface area contributed by atoms with Gasteiger partial charge in [0.2, 0.25) is 5.78 Å². The monoisotopic (exact) mass is 332 g/mol. The number of phenolic OH excluding ortho intramolecular Hbond substituents is 4. The molecule has 8 nitrogen and oxygen atoms in total. The number of phenols is 4. The number of fused-ring (bicyclic) bond motifs is 2. The maximum absolute atomic E-state index is 12.7. The number of rotatable bonds is 0. The van der Waals surface area contributed by atoms with Gasteiger partial charge in [-0.1, -0.05) is 0 Å². The first-order valence-corrected chi connectivity index (χ1v) is 7.00. The van der Waals surface area contributed by atoms with Gasteiger partial charge in [0.05, 0.1) is 6.61 Å². The van der Waals surface area contributed by atoms with Gasteiger partial charge in [-0.05, 0) is 23.3 Å². The Labute approximate surface area is 134 Å². The fraction of sp³-hybridized carbons (Fsp3) is 0.188. The lowest BCUT2D eigenvalue weighted by Crippen LogP contribution is -2.51. The molecule has 8 heteroatoms. The summed E-state index contributed by atoms with van der Waals surface area (Å²) in [5, 5.41) is 49.2. The molecule has 0 unspecified atom stereocenters. The lowest BCUT2D eigenvalue weighted by molar-refractivity contribution is -0.215. The number of ketones is 1. The van der Waals surface area contributed by atoms with Crippen LogP contribution in [0.15, 0.2) is 24.3 Å². The maximum Gasteiger partial charge on any atom is 0.306 e. The number of aliphatic hydroxyl groups excluding tert-OH is 1. The Kier molecular flexibility index (Phi) is 2.76. The van der Waals surface area contributed by atoms with Crippen molar-refractivity contribution in [3.63, 3.8) is 0 Å². The van der Waals surface area contributed by atoms with Crippen LogP contribution in [0.2, 0.25) is 0 Å². The Morgan fingerprint density at radius 2 is 1.71 bits per heavy atom. The van der Waals surface area contributed by atoms with Gasteiger partial charge < -0.3 is 35.0 Å². The van der Waals surface area contributed by atoms with Crippen LogP contribution >= 0.6 is 0 Å². The van der Waals surface area contributed by atoms with Crippen LogP contribution in [0.1, 0.15) is 27.6 Å². The van der Waals surface area contributed by atoms with Gasteiger partial charge in [-0.25, -0.2) is 0 Å². The fourth-order valence-electron chi connectivity index (χ4n) is 3.04. The standard InChI is InChI=1S/C16H12O8/c17-7-2-11(20)13-12(3-7)24-16(15(13)22)14(21)8-4-10(19)9(18)1-6(8)5-23-16/h1-4,14,17-21H,5H2/t14-,16-/m0/s1. The highest BCUT2D eigenvalue weighted by molar-refractivity contribution is 6.09. The van der Waals surface area contributed by atoms with Crippen molar-refractivity contribution in [3.05, 3.63) is 41.0 Å². The highest BCUT2D eigenvalue weighted by atomic mass is 16.7. The molecule has 2 aromatic rings. The Morgan fingerprint density at radius 3 is 2.46 bits per heavy atom. The molecule has 4 rings (SSSR count). The predicted octanol–water partition coefficient (Wildman–Crippen LogP) is 1.04. The first-order valence-electron chi connectivity index (χ1n) is 7.00. The lowest BCUT2D eigenvalue weighted by Gasteiger charge is -2.36. The van der Waals surface area contributed by atoms with E-state index >= 15 is 0 Å². The van der Waals surface area contributed by atoms with E-state index in [1.807, 2.05) is 0 Å². The van der Waals surface area contributed by atoms with Crippen LogP contribution in [-0.4, -0.2) is 37.1 Å². The summed E-state index contributed by atoms with van der Waals surface area (Å²) < 4.78 is 10.9. The molecule has 0 bridgehead atoms. The Hall–Kier alpha value is -2.97. The molecule has 2 aliphatic heterocycles. The fourth-order valence-corrected chi connectivity index (χ4v) is 3.04. The molecule has 5 N–H and O–H groups in total. The number of hydrogen-bond acceptors (Lipinski definition) is 8. The molecule has 0 amide bonds. The number of benzene rings is 2. The summed E-state index contributed by atoms with van der Waals surface area (Å²) in [6, 6.07) is 4.45. The molecule has 24 heavy (non-hydrogen) atoms. The van der Waals surface area contributed by atoms with Crippen molar-refractivity contribution in [2.45, 2.75) is 18.5 Å². The van der Waals surface area contributed by atoms with Crippen molar-refractivity contribution in [1.29, 1.82) is 0 Å². The average molecular weight is 332 g/mol. The van der Waals surface area contributed by atoms with E-state index < -0.39 is 29.2 Å². The first-order chi connectivity index (χ1) is 11.3. The third-order valence-corrected chi connectivity index (χ3v) is 4.20. The van der Waals surface area contributed by atoms with Gasteiger partial charge in [0.25, 0.3) is 0 Å². The molecule has 124 valence electrons. The third-order valence-electron chi connectivity index (χ3n) is 4.20. The highest BCUT2D eigenvalue weighted by Gasteiger charge is 2.59. The van der Waals surface area contributed by atoms with Crippen molar-refractivity contribution < 1.29 is 39.8 Å². The third kappa shape index (κ3) is 1.72. The molecule has 2 aliphatic rings. The largest absolute Gasteiger partial charge is 0.508 e. The number of ether oxygens (including phenoxy) is 2. The summed E-state index contributed by atoms with van der Waals surface area (Å²) in [7, 11) is 0. The number of carbonyl (C=O) groups is 1. The van der Waals surface area contributed by atoms with Gasteiger partial charge in [-0.3, -0.25) is 4.79 Å². The van der Waals surface area contributed by atoms with Gasteiger partial charge in [-0.15, -0.1) is 0 Å². The number of aromatic hydroxyl groups is 4. The van der Waals surface area contributed by atoms with Gasteiger partial charge in [0.1, 0.15) is 22.8 Å². The number of aliphatic hydroxyl groups is 1. The lowest BCUT2D eigenvalue weighted by atomic mass is 9.89. The van der Waals surface area contributed by atoms with E-state index in [2.05, 4.69) is 0 Å². The number of Topliss-reactive ketones (excluding diaryl/α,β-unsaturated/α-hetero) is 1. The summed E-state index contributed by atoms with van der Waals surface area (Å²) in [4.78, 5) is 12.7. The highest BCUT2D eigenvalue weighted by Crippen LogP contribution is 2.51. The second-order valence-corrected chi connectivity index (χ2v) is 5.67. The first kappa shape index (κ1) is 14.6. The van der Waals surface area contributed by atoms with E-state index in [9.17, 15) is 30.3 Å². The molecule has 2 atom stereocenters. The molecule has 0 saturated carbocycles. The number of carbonyl (C=O) groups excluding carboxylic acids is 1. The van der Waals surface area contributed by atoms with E-state index in [4.69, 9.17) is 9.47 Å².